The van der Waals surface area contributed by atoms with Crippen LogP contribution in [0.4, 0.5) is 5.13 Å². The fourth-order valence-corrected chi connectivity index (χ4v) is 4.52. The number of aromatic nitrogens is 1. The van der Waals surface area contributed by atoms with Crippen LogP contribution in [-0.2, 0) is 11.3 Å². The maximum Gasteiger partial charge on any atom is 0.240 e. The Morgan fingerprint density at radius 2 is 2.07 bits per heavy atom. The summed E-state index contributed by atoms with van der Waals surface area (Å²) in [5, 5.41) is 5.29. The summed E-state index contributed by atoms with van der Waals surface area (Å²) in [7, 11) is 5.10. The molecule has 0 spiro atoms. The number of hydrogen-bond donors (Lipinski definition) is 1. The third kappa shape index (κ3) is 5.23. The average molecular weight is 438 g/mol. The van der Waals surface area contributed by atoms with Crippen molar-refractivity contribution in [2.75, 3.05) is 33.1 Å². The Labute approximate surface area is 176 Å². The van der Waals surface area contributed by atoms with Crippen molar-refractivity contribution in [3.8, 4) is 22.8 Å². The first-order valence-corrected chi connectivity index (χ1v) is 10.5. The summed E-state index contributed by atoms with van der Waals surface area (Å²) < 4.78 is 11.4. The minimum atomic E-state index is -0.118. The molecule has 28 heavy (non-hydrogen) atoms. The van der Waals surface area contributed by atoms with E-state index in [1.807, 2.05) is 41.6 Å². The lowest BCUT2D eigenvalue weighted by Crippen LogP contribution is -2.29. The predicted molar refractivity (Wildman–Crippen MR) is 115 cm³/mol. The van der Waals surface area contributed by atoms with Crippen LogP contribution in [-0.4, -0.2) is 43.6 Å². The van der Waals surface area contributed by atoms with Gasteiger partial charge in [0.1, 0.15) is 11.5 Å². The van der Waals surface area contributed by atoms with Gasteiger partial charge in [0.25, 0.3) is 0 Å². The number of thiophene rings is 1. The van der Waals surface area contributed by atoms with Crippen molar-refractivity contribution in [2.45, 2.75) is 6.54 Å². The molecule has 1 amide bonds. The Balaban J connectivity index is 1.62. The zero-order chi connectivity index (χ0) is 20.1. The van der Waals surface area contributed by atoms with Crippen LogP contribution in [0, 0.1) is 0 Å². The molecule has 0 bridgehead atoms. The second-order valence-electron chi connectivity index (χ2n) is 6.03. The molecule has 0 aliphatic carbocycles. The van der Waals surface area contributed by atoms with Gasteiger partial charge in [-0.2, -0.15) is 0 Å². The second-order valence-corrected chi connectivity index (χ2v) is 8.69. The van der Waals surface area contributed by atoms with Gasteiger partial charge in [0.15, 0.2) is 5.13 Å². The highest BCUT2D eigenvalue weighted by molar-refractivity contribution is 7.16. The van der Waals surface area contributed by atoms with Crippen molar-refractivity contribution in [3.05, 3.63) is 44.9 Å². The van der Waals surface area contributed by atoms with E-state index in [4.69, 9.17) is 21.1 Å². The fraction of sp³-hybridized carbons (Fsp3) is 0.263. The molecule has 0 saturated carbocycles. The number of hydrogen-bond acceptors (Lipinski definition) is 7. The average Bonchev–Trinajstić information content (AvgIpc) is 3.29. The van der Waals surface area contributed by atoms with E-state index in [1.165, 1.54) is 22.7 Å². The summed E-state index contributed by atoms with van der Waals surface area (Å²) in [4.78, 5) is 19.9. The smallest absolute Gasteiger partial charge is 0.240 e. The van der Waals surface area contributed by atoms with Gasteiger partial charge in [-0.3, -0.25) is 9.69 Å². The molecule has 0 aliphatic heterocycles. The van der Waals surface area contributed by atoms with Gasteiger partial charge < -0.3 is 14.8 Å². The van der Waals surface area contributed by atoms with Gasteiger partial charge in [-0.25, -0.2) is 4.98 Å². The molecule has 3 aromatic rings. The molecule has 2 heterocycles. The van der Waals surface area contributed by atoms with Crippen molar-refractivity contribution in [2.24, 2.45) is 0 Å². The summed E-state index contributed by atoms with van der Waals surface area (Å²) in [6.07, 6.45) is 0. The van der Waals surface area contributed by atoms with Gasteiger partial charge in [-0.05, 0) is 31.3 Å². The van der Waals surface area contributed by atoms with Crippen LogP contribution in [0.2, 0.25) is 4.34 Å². The van der Waals surface area contributed by atoms with E-state index in [1.54, 1.807) is 20.3 Å². The first kappa shape index (κ1) is 20.6. The molecule has 6 nitrogen and oxygen atoms in total. The lowest BCUT2D eigenvalue weighted by molar-refractivity contribution is -0.117. The van der Waals surface area contributed by atoms with Crippen molar-refractivity contribution in [3.63, 3.8) is 0 Å². The monoisotopic (exact) mass is 437 g/mol. The van der Waals surface area contributed by atoms with Crippen LogP contribution in [0.1, 0.15) is 4.88 Å². The van der Waals surface area contributed by atoms with Crippen LogP contribution in [0.15, 0.2) is 35.7 Å². The SMILES string of the molecule is COc1ccc(-c2csc(NC(=O)CN(C)Cc3ccc(Cl)s3)n2)c(OC)c1. The summed E-state index contributed by atoms with van der Waals surface area (Å²) in [6.45, 7) is 0.924. The van der Waals surface area contributed by atoms with Crippen molar-refractivity contribution in [1.82, 2.24) is 9.88 Å². The van der Waals surface area contributed by atoms with Crippen LogP contribution < -0.4 is 14.8 Å². The normalized spacial score (nSPS) is 10.9. The summed E-state index contributed by atoms with van der Waals surface area (Å²) in [5.41, 5.74) is 1.58. The fourth-order valence-electron chi connectivity index (χ4n) is 2.63. The van der Waals surface area contributed by atoms with Crippen molar-refractivity contribution >= 4 is 45.3 Å². The third-order valence-corrected chi connectivity index (χ3v) is 5.88. The number of methoxy groups -OCH3 is 2. The highest BCUT2D eigenvalue weighted by Gasteiger charge is 2.14. The number of benzene rings is 1. The maximum atomic E-state index is 12.3. The number of halogens is 1. The van der Waals surface area contributed by atoms with Crippen molar-refractivity contribution in [1.29, 1.82) is 0 Å². The first-order chi connectivity index (χ1) is 13.5. The van der Waals surface area contributed by atoms with Crippen LogP contribution in [0.3, 0.4) is 0 Å². The molecular formula is C19H20ClN3O3S2. The van der Waals surface area contributed by atoms with E-state index < -0.39 is 0 Å². The molecule has 2 aromatic heterocycles. The Morgan fingerprint density at radius 3 is 2.75 bits per heavy atom. The molecule has 1 aromatic carbocycles. The number of carbonyl (C=O) groups excluding carboxylic acids is 1. The number of ether oxygens (including phenoxy) is 2. The third-order valence-electron chi connectivity index (χ3n) is 3.90. The largest absolute Gasteiger partial charge is 0.497 e. The predicted octanol–water partition coefficient (Wildman–Crippen LogP) is 4.61. The number of nitrogens with one attached hydrogen (secondary N) is 1. The molecule has 0 fully saturated rings. The minimum Gasteiger partial charge on any atom is -0.497 e. The Bertz CT molecular complexity index is 958. The van der Waals surface area contributed by atoms with E-state index >= 15 is 0 Å². The molecule has 1 N–H and O–H groups in total. The highest BCUT2D eigenvalue weighted by Crippen LogP contribution is 2.34. The van der Waals surface area contributed by atoms with Crippen LogP contribution >= 0.6 is 34.3 Å². The van der Waals surface area contributed by atoms with Crippen LogP contribution in [0.5, 0.6) is 11.5 Å². The molecule has 0 saturated heterocycles. The number of likely N-dealkylation sites (N-methyl/N-ethyl adjacent to an activating group) is 1. The Morgan fingerprint density at radius 1 is 1.25 bits per heavy atom. The van der Waals surface area contributed by atoms with Gasteiger partial charge in [0.05, 0.1) is 30.8 Å². The molecule has 0 radical (unpaired) electrons. The molecular weight excluding hydrogens is 418 g/mol. The van der Waals surface area contributed by atoms with Gasteiger partial charge in [-0.15, -0.1) is 22.7 Å². The van der Waals surface area contributed by atoms with E-state index in [2.05, 4.69) is 10.3 Å². The highest BCUT2D eigenvalue weighted by atomic mass is 35.5. The molecule has 0 atom stereocenters. The van der Waals surface area contributed by atoms with Crippen LogP contribution in [0.25, 0.3) is 11.3 Å². The minimum absolute atomic E-state index is 0.118. The number of anilines is 1. The standard InChI is InChI=1S/C19H20ClN3O3S2/c1-23(9-13-5-7-17(20)28-13)10-18(24)22-19-21-15(11-27-19)14-6-4-12(25-2)8-16(14)26-3/h4-8,11H,9-10H2,1-3H3,(H,21,22,24). The zero-order valence-corrected chi connectivity index (χ0v) is 18.1. The van der Waals surface area contributed by atoms with Gasteiger partial charge >= 0.3 is 0 Å². The zero-order valence-electron chi connectivity index (χ0n) is 15.7. The summed E-state index contributed by atoms with van der Waals surface area (Å²) in [5.74, 6) is 1.25. The van der Waals surface area contributed by atoms with Crippen molar-refractivity contribution < 1.29 is 14.3 Å². The maximum absolute atomic E-state index is 12.3. The topological polar surface area (TPSA) is 63.7 Å². The summed E-state index contributed by atoms with van der Waals surface area (Å²) >= 11 is 8.83. The summed E-state index contributed by atoms with van der Waals surface area (Å²) in [6, 6.07) is 9.37. The number of nitrogens with zero attached hydrogens (tertiary/aromatic N) is 2. The van der Waals surface area contributed by atoms with E-state index in [9.17, 15) is 4.79 Å². The molecule has 3 rings (SSSR count). The lowest BCUT2D eigenvalue weighted by atomic mass is 10.1. The van der Waals surface area contributed by atoms with E-state index in [-0.39, 0.29) is 12.5 Å². The molecule has 9 heteroatoms. The second kappa shape index (κ2) is 9.38. The number of thiazole rings is 1. The number of amides is 1. The quantitative estimate of drug-likeness (QED) is 0.557. The van der Waals surface area contributed by atoms with Gasteiger partial charge in [-0.1, -0.05) is 11.6 Å². The first-order valence-electron chi connectivity index (χ1n) is 8.39. The Hall–Kier alpha value is -2.13. The number of rotatable bonds is 8. The lowest BCUT2D eigenvalue weighted by Gasteiger charge is -2.14. The molecule has 0 unspecified atom stereocenters. The molecule has 148 valence electrons. The van der Waals surface area contributed by atoms with E-state index in [0.717, 1.165) is 20.5 Å². The van der Waals surface area contributed by atoms with Gasteiger partial charge in [0, 0.05) is 28.4 Å². The van der Waals surface area contributed by atoms with Gasteiger partial charge in [0.2, 0.25) is 5.91 Å². The van der Waals surface area contributed by atoms with E-state index in [0.29, 0.717) is 23.2 Å². The Kier molecular flexibility index (Phi) is 6.90. The number of carbonyl (C=O) groups is 1. The molecule has 0 aliphatic rings.